The van der Waals surface area contributed by atoms with Crippen LogP contribution in [0, 0.1) is 22.7 Å². The quantitative estimate of drug-likeness (QED) is 0.425. The van der Waals surface area contributed by atoms with Gasteiger partial charge in [0.25, 0.3) is 0 Å². The Hall–Kier alpha value is -1.96. The molecule has 3 fully saturated rings. The average molecular weight is 407 g/mol. The maximum atomic E-state index is 4.44. The largest absolute Gasteiger partial charge is 0.385 e. The molecule has 2 saturated carbocycles. The highest BCUT2D eigenvalue weighted by atomic mass is 15.2. The molecule has 3 aliphatic rings. The summed E-state index contributed by atoms with van der Waals surface area (Å²) >= 11 is 0. The van der Waals surface area contributed by atoms with Crippen molar-refractivity contribution in [2.24, 2.45) is 22.7 Å². The minimum absolute atomic E-state index is 0.483. The number of hydrogen-bond donors (Lipinski definition) is 1. The highest BCUT2D eigenvalue weighted by Gasteiger charge is 2.55. The fraction of sp³-hybridized carbons (Fsp3) is 0.571. The highest BCUT2D eigenvalue weighted by molar-refractivity contribution is 5.44. The van der Waals surface area contributed by atoms with Crippen molar-refractivity contribution in [3.05, 3.63) is 72.2 Å². The number of nitrogens with zero attached hydrogens (tertiary/aromatic N) is 1. The van der Waals surface area contributed by atoms with Crippen molar-refractivity contribution in [1.82, 2.24) is 10.2 Å². The molecule has 0 radical (unpaired) electrons. The Morgan fingerprint density at radius 3 is 2.27 bits per heavy atom. The van der Waals surface area contributed by atoms with Crippen LogP contribution in [0.1, 0.15) is 60.3 Å². The number of likely N-dealkylation sites (tertiary alicyclic amines) is 1. The molecule has 2 aliphatic carbocycles. The van der Waals surface area contributed by atoms with E-state index in [0.717, 1.165) is 18.2 Å². The molecule has 1 saturated heterocycles. The van der Waals surface area contributed by atoms with E-state index in [0.29, 0.717) is 16.7 Å². The fourth-order valence-electron chi connectivity index (χ4n) is 5.23. The molecule has 0 aromatic rings. The van der Waals surface area contributed by atoms with E-state index in [1.54, 1.807) is 0 Å². The van der Waals surface area contributed by atoms with Crippen LogP contribution in [-0.4, -0.2) is 24.5 Å². The summed E-state index contributed by atoms with van der Waals surface area (Å²) in [6.45, 7) is 27.1. The maximum Gasteiger partial charge on any atom is 0.0297 e. The second kappa shape index (κ2) is 8.65. The van der Waals surface area contributed by atoms with E-state index in [9.17, 15) is 0 Å². The molecule has 0 aromatic heterocycles. The van der Waals surface area contributed by atoms with Gasteiger partial charge in [0.05, 0.1) is 0 Å². The molecule has 1 aliphatic heterocycles. The first-order valence-corrected chi connectivity index (χ1v) is 11.6. The lowest BCUT2D eigenvalue weighted by atomic mass is 9.90. The average Bonchev–Trinajstić information content (AvgIpc) is 3.58. The lowest BCUT2D eigenvalue weighted by Crippen LogP contribution is -2.36. The van der Waals surface area contributed by atoms with Crippen molar-refractivity contribution in [2.75, 3.05) is 19.6 Å². The minimum atomic E-state index is 0.483. The van der Waals surface area contributed by atoms with E-state index in [4.69, 9.17) is 0 Å². The van der Waals surface area contributed by atoms with Gasteiger partial charge in [-0.05, 0) is 79.9 Å². The predicted molar refractivity (Wildman–Crippen MR) is 131 cm³/mol. The van der Waals surface area contributed by atoms with Crippen LogP contribution in [0.15, 0.2) is 72.2 Å². The molecule has 2 heteroatoms. The first-order chi connectivity index (χ1) is 14.1. The van der Waals surface area contributed by atoms with Crippen molar-refractivity contribution in [1.29, 1.82) is 0 Å². The van der Waals surface area contributed by atoms with Crippen LogP contribution in [0.5, 0.6) is 0 Å². The third-order valence-electron chi connectivity index (χ3n) is 7.98. The van der Waals surface area contributed by atoms with Gasteiger partial charge in [-0.3, -0.25) is 0 Å². The van der Waals surface area contributed by atoms with E-state index in [2.05, 4.69) is 82.8 Å². The molecule has 1 heterocycles. The van der Waals surface area contributed by atoms with E-state index in [-0.39, 0.29) is 0 Å². The molecule has 2 atom stereocenters. The van der Waals surface area contributed by atoms with Gasteiger partial charge in [-0.15, -0.1) is 0 Å². The van der Waals surface area contributed by atoms with E-state index >= 15 is 0 Å². The molecule has 2 nitrogen and oxygen atoms in total. The van der Waals surface area contributed by atoms with E-state index < -0.39 is 0 Å². The van der Waals surface area contributed by atoms with Crippen molar-refractivity contribution < 1.29 is 0 Å². The van der Waals surface area contributed by atoms with Crippen LogP contribution < -0.4 is 5.32 Å². The Morgan fingerprint density at radius 2 is 1.73 bits per heavy atom. The van der Waals surface area contributed by atoms with Gasteiger partial charge < -0.3 is 10.2 Å². The summed E-state index contributed by atoms with van der Waals surface area (Å²) in [5, 5.41) is 3.63. The Kier molecular flexibility index (Phi) is 6.55. The van der Waals surface area contributed by atoms with Gasteiger partial charge in [-0.1, -0.05) is 57.9 Å². The van der Waals surface area contributed by atoms with Crippen LogP contribution in [0.4, 0.5) is 0 Å². The second-order valence-electron chi connectivity index (χ2n) is 10.5. The molecule has 0 aromatic carbocycles. The molecule has 3 rings (SSSR count). The summed E-state index contributed by atoms with van der Waals surface area (Å²) in [7, 11) is 0. The van der Waals surface area contributed by atoms with Gasteiger partial charge in [0.1, 0.15) is 0 Å². The molecular formula is C28H42N2. The van der Waals surface area contributed by atoms with Crippen molar-refractivity contribution >= 4 is 0 Å². The van der Waals surface area contributed by atoms with Gasteiger partial charge in [0.2, 0.25) is 0 Å². The normalized spacial score (nSPS) is 27.6. The van der Waals surface area contributed by atoms with Crippen molar-refractivity contribution in [2.45, 2.75) is 60.3 Å². The summed E-state index contributed by atoms with van der Waals surface area (Å²) in [6.07, 6.45) is 13.6. The van der Waals surface area contributed by atoms with E-state index in [1.807, 2.05) is 6.08 Å². The minimum Gasteiger partial charge on any atom is -0.385 e. The summed E-state index contributed by atoms with van der Waals surface area (Å²) in [4.78, 5) is 2.58. The summed E-state index contributed by atoms with van der Waals surface area (Å²) < 4.78 is 0. The van der Waals surface area contributed by atoms with Crippen molar-refractivity contribution in [3.8, 4) is 0 Å². The zero-order valence-corrected chi connectivity index (χ0v) is 20.0. The number of nitrogens with one attached hydrogen (secondary N) is 1. The molecule has 164 valence electrons. The highest BCUT2D eigenvalue weighted by Crippen LogP contribution is 2.61. The third-order valence-corrected chi connectivity index (χ3v) is 7.98. The van der Waals surface area contributed by atoms with Crippen LogP contribution >= 0.6 is 0 Å². The zero-order valence-electron chi connectivity index (χ0n) is 20.0. The zero-order chi connectivity index (χ0) is 22.1. The number of hydrogen-bond acceptors (Lipinski definition) is 2. The number of rotatable bonds is 9. The molecule has 0 bridgehead atoms. The van der Waals surface area contributed by atoms with Crippen LogP contribution in [0.25, 0.3) is 0 Å². The first-order valence-electron chi connectivity index (χ1n) is 11.6. The number of allylic oxidation sites excluding steroid dienone is 8. The first kappa shape index (κ1) is 22.7. The van der Waals surface area contributed by atoms with Gasteiger partial charge in [-0.25, -0.2) is 0 Å². The monoisotopic (exact) mass is 406 g/mol. The fourth-order valence-corrected chi connectivity index (χ4v) is 5.23. The second-order valence-corrected chi connectivity index (χ2v) is 10.5. The lowest BCUT2D eigenvalue weighted by molar-refractivity contribution is 0.190. The third kappa shape index (κ3) is 4.85. The summed E-state index contributed by atoms with van der Waals surface area (Å²) in [5.74, 6) is 1.51. The summed E-state index contributed by atoms with van der Waals surface area (Å²) in [6, 6.07) is 0. The summed E-state index contributed by atoms with van der Waals surface area (Å²) in [5.41, 5.74) is 7.15. The molecule has 1 spiro atoms. The van der Waals surface area contributed by atoms with Crippen molar-refractivity contribution in [3.63, 3.8) is 0 Å². The Bertz CT molecular complexity index is 796. The SMILES string of the molecule is C=C\C=C(C)/C(=C\C)/C=C(\C)C(=C)NCC1CC12CCN(C(=C)C1CC1(C)C)CC2. The molecule has 30 heavy (non-hydrogen) atoms. The Labute approximate surface area is 185 Å². The van der Waals surface area contributed by atoms with Gasteiger partial charge >= 0.3 is 0 Å². The standard InChI is InChI=1S/C28H42N2/c1-9-11-20(3)24(10-2)16-21(4)22(5)29-19-25-17-28(25)12-14-30(15-13-28)23(6)26-18-27(26,7)8/h9-11,16,25-26,29H,1,5-6,12-15,17-19H2,2-4,7-8H3/b20-11-,21-16+,24-10-. The Balaban J connectivity index is 1.45. The molecular weight excluding hydrogens is 364 g/mol. The lowest BCUT2D eigenvalue weighted by Gasteiger charge is -2.36. The number of piperidine rings is 1. The molecule has 1 N–H and O–H groups in total. The Morgan fingerprint density at radius 1 is 1.10 bits per heavy atom. The maximum absolute atomic E-state index is 4.44. The van der Waals surface area contributed by atoms with Crippen LogP contribution in [0.3, 0.4) is 0 Å². The van der Waals surface area contributed by atoms with Gasteiger partial charge in [-0.2, -0.15) is 0 Å². The van der Waals surface area contributed by atoms with Crippen LogP contribution in [-0.2, 0) is 0 Å². The van der Waals surface area contributed by atoms with Gasteiger partial charge in [0, 0.05) is 36.9 Å². The van der Waals surface area contributed by atoms with Gasteiger partial charge in [0.15, 0.2) is 0 Å². The predicted octanol–water partition coefficient (Wildman–Crippen LogP) is 6.78. The smallest absolute Gasteiger partial charge is 0.0297 e. The molecule has 0 amide bonds. The topological polar surface area (TPSA) is 15.3 Å². The van der Waals surface area contributed by atoms with E-state index in [1.165, 1.54) is 61.2 Å². The molecule has 2 unspecified atom stereocenters. The van der Waals surface area contributed by atoms with Crippen LogP contribution in [0.2, 0.25) is 0 Å².